The monoisotopic (exact) mass is 303 g/mol. The summed E-state index contributed by atoms with van der Waals surface area (Å²) >= 11 is 1.56. The minimum atomic E-state index is -0.802. The summed E-state index contributed by atoms with van der Waals surface area (Å²) in [7, 11) is 0. The zero-order chi connectivity index (χ0) is 15.2. The zero-order valence-electron chi connectivity index (χ0n) is 11.7. The minimum absolute atomic E-state index is 0.0518. The number of carboxylic acid groups (broad SMARTS) is 1. The summed E-state index contributed by atoms with van der Waals surface area (Å²) in [6, 6.07) is 11.2. The van der Waals surface area contributed by atoms with Crippen LogP contribution in [0, 0.1) is 5.92 Å². The van der Waals surface area contributed by atoms with E-state index in [0.717, 1.165) is 16.1 Å². The van der Waals surface area contributed by atoms with Gasteiger partial charge >= 0.3 is 5.97 Å². The number of nitrogens with one attached hydrogen (secondary N) is 1. The Labute approximate surface area is 127 Å². The summed E-state index contributed by atoms with van der Waals surface area (Å²) < 4.78 is 0. The van der Waals surface area contributed by atoms with Crippen molar-refractivity contribution in [3.8, 4) is 0 Å². The SMILES string of the molecule is CC(Cc1ccc(NC(=O)Cc2cccs2)cc1)C(=O)O. The first kappa shape index (κ1) is 15.3. The van der Waals surface area contributed by atoms with E-state index in [0.29, 0.717) is 12.8 Å². The number of hydrogen-bond donors (Lipinski definition) is 2. The Kier molecular flexibility index (Phi) is 5.11. The van der Waals surface area contributed by atoms with Crippen molar-refractivity contribution in [2.45, 2.75) is 19.8 Å². The maximum absolute atomic E-state index is 11.8. The van der Waals surface area contributed by atoms with Crippen molar-refractivity contribution in [3.63, 3.8) is 0 Å². The van der Waals surface area contributed by atoms with E-state index >= 15 is 0 Å². The van der Waals surface area contributed by atoms with Crippen molar-refractivity contribution < 1.29 is 14.7 Å². The van der Waals surface area contributed by atoms with Gasteiger partial charge < -0.3 is 10.4 Å². The first-order chi connectivity index (χ1) is 10.0. The van der Waals surface area contributed by atoms with Gasteiger partial charge in [-0.15, -0.1) is 11.3 Å². The highest BCUT2D eigenvalue weighted by molar-refractivity contribution is 7.10. The van der Waals surface area contributed by atoms with Gasteiger partial charge in [0, 0.05) is 10.6 Å². The van der Waals surface area contributed by atoms with Crippen LogP contribution in [-0.2, 0) is 22.4 Å². The van der Waals surface area contributed by atoms with Crippen molar-refractivity contribution in [3.05, 3.63) is 52.2 Å². The maximum Gasteiger partial charge on any atom is 0.306 e. The van der Waals surface area contributed by atoms with Crippen LogP contribution in [0.3, 0.4) is 0 Å². The van der Waals surface area contributed by atoms with Gasteiger partial charge in [0.05, 0.1) is 12.3 Å². The highest BCUT2D eigenvalue weighted by Crippen LogP contribution is 2.15. The highest BCUT2D eigenvalue weighted by Gasteiger charge is 2.11. The molecule has 110 valence electrons. The summed E-state index contributed by atoms with van der Waals surface area (Å²) in [4.78, 5) is 23.7. The predicted octanol–water partition coefficient (Wildman–Crippen LogP) is 3.19. The smallest absolute Gasteiger partial charge is 0.306 e. The molecule has 2 N–H and O–H groups in total. The predicted molar refractivity (Wildman–Crippen MR) is 83.6 cm³/mol. The molecule has 0 radical (unpaired) electrons. The molecule has 0 aliphatic carbocycles. The lowest BCUT2D eigenvalue weighted by Crippen LogP contribution is -2.14. The van der Waals surface area contributed by atoms with Crippen molar-refractivity contribution in [1.82, 2.24) is 0 Å². The zero-order valence-corrected chi connectivity index (χ0v) is 12.5. The molecule has 1 aromatic carbocycles. The maximum atomic E-state index is 11.8. The topological polar surface area (TPSA) is 66.4 Å². The normalized spacial score (nSPS) is 11.9. The average Bonchev–Trinajstić information content (AvgIpc) is 2.93. The van der Waals surface area contributed by atoms with Crippen LogP contribution in [0.1, 0.15) is 17.4 Å². The lowest BCUT2D eigenvalue weighted by molar-refractivity contribution is -0.141. The molecule has 21 heavy (non-hydrogen) atoms. The van der Waals surface area contributed by atoms with Gasteiger partial charge in [-0.2, -0.15) is 0 Å². The summed E-state index contributed by atoms with van der Waals surface area (Å²) in [5.41, 5.74) is 1.67. The quantitative estimate of drug-likeness (QED) is 0.861. The number of hydrogen-bond acceptors (Lipinski definition) is 3. The van der Waals surface area contributed by atoms with Gasteiger partial charge in [-0.05, 0) is 35.6 Å². The van der Waals surface area contributed by atoms with Gasteiger partial charge in [-0.3, -0.25) is 9.59 Å². The molecule has 1 unspecified atom stereocenters. The number of amides is 1. The molecule has 0 saturated heterocycles. The third kappa shape index (κ3) is 4.72. The number of benzene rings is 1. The largest absolute Gasteiger partial charge is 0.481 e. The number of rotatable bonds is 6. The van der Waals surface area contributed by atoms with Crippen LogP contribution < -0.4 is 5.32 Å². The van der Waals surface area contributed by atoms with E-state index in [1.54, 1.807) is 30.4 Å². The summed E-state index contributed by atoms with van der Waals surface area (Å²) in [5, 5.41) is 13.7. The fourth-order valence-corrected chi connectivity index (χ4v) is 2.65. The van der Waals surface area contributed by atoms with E-state index in [9.17, 15) is 9.59 Å². The first-order valence-electron chi connectivity index (χ1n) is 6.68. The van der Waals surface area contributed by atoms with Crippen molar-refractivity contribution in [2.75, 3.05) is 5.32 Å². The van der Waals surface area contributed by atoms with Gasteiger partial charge in [0.25, 0.3) is 0 Å². The van der Waals surface area contributed by atoms with E-state index in [-0.39, 0.29) is 5.91 Å². The molecule has 2 rings (SSSR count). The Hall–Kier alpha value is -2.14. The fourth-order valence-electron chi connectivity index (χ4n) is 1.94. The van der Waals surface area contributed by atoms with E-state index < -0.39 is 11.9 Å². The molecule has 1 aromatic heterocycles. The molecule has 0 saturated carbocycles. The Morgan fingerprint density at radius 3 is 2.52 bits per heavy atom. The molecule has 5 heteroatoms. The third-order valence-corrected chi connectivity index (χ3v) is 3.99. The van der Waals surface area contributed by atoms with Gasteiger partial charge in [-0.1, -0.05) is 25.1 Å². The molecule has 4 nitrogen and oxygen atoms in total. The second kappa shape index (κ2) is 7.04. The molecular weight excluding hydrogens is 286 g/mol. The standard InChI is InChI=1S/C16H17NO3S/c1-11(16(19)20)9-12-4-6-13(7-5-12)17-15(18)10-14-3-2-8-21-14/h2-8,11H,9-10H2,1H3,(H,17,18)(H,19,20). The van der Waals surface area contributed by atoms with Crippen LogP contribution in [0.5, 0.6) is 0 Å². The van der Waals surface area contributed by atoms with Crippen LogP contribution in [-0.4, -0.2) is 17.0 Å². The van der Waals surface area contributed by atoms with E-state index in [4.69, 9.17) is 5.11 Å². The molecule has 0 bridgehead atoms. The van der Waals surface area contributed by atoms with Crippen LogP contribution in [0.25, 0.3) is 0 Å². The number of thiophene rings is 1. The Balaban J connectivity index is 1.90. The van der Waals surface area contributed by atoms with E-state index in [1.165, 1.54) is 0 Å². The lowest BCUT2D eigenvalue weighted by atomic mass is 10.0. The van der Waals surface area contributed by atoms with Crippen LogP contribution in [0.4, 0.5) is 5.69 Å². The highest BCUT2D eigenvalue weighted by atomic mass is 32.1. The summed E-state index contributed by atoms with van der Waals surface area (Å²) in [5.74, 6) is -1.27. The Morgan fingerprint density at radius 1 is 1.24 bits per heavy atom. The molecule has 0 spiro atoms. The minimum Gasteiger partial charge on any atom is -0.481 e. The second-order valence-electron chi connectivity index (χ2n) is 4.94. The molecule has 0 aliphatic heterocycles. The molecule has 1 amide bonds. The fraction of sp³-hybridized carbons (Fsp3) is 0.250. The number of carbonyl (C=O) groups excluding carboxylic acids is 1. The Morgan fingerprint density at radius 2 is 1.95 bits per heavy atom. The third-order valence-electron chi connectivity index (χ3n) is 3.12. The van der Waals surface area contributed by atoms with E-state index in [1.807, 2.05) is 29.6 Å². The van der Waals surface area contributed by atoms with Crippen molar-refractivity contribution >= 4 is 28.9 Å². The van der Waals surface area contributed by atoms with Crippen LogP contribution >= 0.6 is 11.3 Å². The second-order valence-corrected chi connectivity index (χ2v) is 5.98. The molecule has 1 atom stereocenters. The first-order valence-corrected chi connectivity index (χ1v) is 7.56. The number of carboxylic acids is 1. The number of aliphatic carboxylic acids is 1. The lowest BCUT2D eigenvalue weighted by Gasteiger charge is -2.08. The number of anilines is 1. The molecular formula is C16H17NO3S. The summed E-state index contributed by atoms with van der Waals surface area (Å²) in [6.45, 7) is 1.68. The molecule has 0 aliphatic rings. The van der Waals surface area contributed by atoms with Gasteiger partial charge in [0.1, 0.15) is 0 Å². The average molecular weight is 303 g/mol. The van der Waals surface area contributed by atoms with E-state index in [2.05, 4.69) is 5.32 Å². The molecule has 1 heterocycles. The van der Waals surface area contributed by atoms with Crippen LogP contribution in [0.15, 0.2) is 41.8 Å². The van der Waals surface area contributed by atoms with Gasteiger partial charge in [0.15, 0.2) is 0 Å². The number of carbonyl (C=O) groups is 2. The van der Waals surface area contributed by atoms with Crippen LogP contribution in [0.2, 0.25) is 0 Å². The molecule has 0 fully saturated rings. The van der Waals surface area contributed by atoms with Gasteiger partial charge in [-0.25, -0.2) is 0 Å². The van der Waals surface area contributed by atoms with Crippen molar-refractivity contribution in [2.24, 2.45) is 5.92 Å². The summed E-state index contributed by atoms with van der Waals surface area (Å²) in [6.07, 6.45) is 0.855. The molecule has 2 aromatic rings. The van der Waals surface area contributed by atoms with Crippen molar-refractivity contribution in [1.29, 1.82) is 0 Å². The Bertz CT molecular complexity index is 605. The van der Waals surface area contributed by atoms with Gasteiger partial charge in [0.2, 0.25) is 5.91 Å².